The summed E-state index contributed by atoms with van der Waals surface area (Å²) in [5, 5.41) is 3.32. The Balaban J connectivity index is 0.00000128. The highest BCUT2D eigenvalue weighted by Crippen LogP contribution is 2.29. The van der Waals surface area contributed by atoms with E-state index in [0.29, 0.717) is 11.8 Å². The molecule has 2 saturated heterocycles. The van der Waals surface area contributed by atoms with Gasteiger partial charge < -0.3 is 10.2 Å². The van der Waals surface area contributed by atoms with Crippen molar-refractivity contribution in [2.75, 3.05) is 19.6 Å². The first kappa shape index (κ1) is 13.8. The quantitative estimate of drug-likeness (QED) is 0.806. The van der Waals surface area contributed by atoms with Gasteiger partial charge in [-0.3, -0.25) is 4.79 Å². The van der Waals surface area contributed by atoms with Crippen molar-refractivity contribution in [2.24, 2.45) is 5.92 Å². The van der Waals surface area contributed by atoms with Crippen LogP contribution in [0.15, 0.2) is 0 Å². The Morgan fingerprint density at radius 1 is 1.50 bits per heavy atom. The van der Waals surface area contributed by atoms with Crippen LogP contribution in [0.1, 0.15) is 39.5 Å². The summed E-state index contributed by atoms with van der Waals surface area (Å²) in [5.41, 5.74) is 0.100. The number of hydrogen-bond donors (Lipinski definition) is 1. The molecule has 2 aliphatic rings. The smallest absolute Gasteiger partial charge is 0.223 e. The Morgan fingerprint density at radius 2 is 2.25 bits per heavy atom. The van der Waals surface area contributed by atoms with E-state index in [1.54, 1.807) is 0 Å². The minimum atomic E-state index is 0. The van der Waals surface area contributed by atoms with Gasteiger partial charge in [0.05, 0.1) is 0 Å². The average Bonchev–Trinajstić information content (AvgIpc) is 2.73. The van der Waals surface area contributed by atoms with Gasteiger partial charge in [0.1, 0.15) is 0 Å². The van der Waals surface area contributed by atoms with Gasteiger partial charge in [0, 0.05) is 18.5 Å². The van der Waals surface area contributed by atoms with Gasteiger partial charge in [-0.05, 0) is 52.1 Å². The lowest BCUT2D eigenvalue weighted by Gasteiger charge is -2.32. The van der Waals surface area contributed by atoms with Crippen molar-refractivity contribution < 1.29 is 4.79 Å². The maximum atomic E-state index is 12.1. The van der Waals surface area contributed by atoms with Crippen molar-refractivity contribution in [3.05, 3.63) is 0 Å². The maximum absolute atomic E-state index is 12.1. The van der Waals surface area contributed by atoms with Crippen LogP contribution in [0, 0.1) is 5.92 Å². The van der Waals surface area contributed by atoms with Gasteiger partial charge in [-0.2, -0.15) is 0 Å². The lowest BCUT2D eigenvalue weighted by atomic mass is 9.99. The van der Waals surface area contributed by atoms with Crippen molar-refractivity contribution >= 4 is 18.3 Å². The SMILES string of the molecule is CC1(C)CCCN1C(=O)CC1CCNC1.Cl. The van der Waals surface area contributed by atoms with Gasteiger partial charge in [-0.15, -0.1) is 12.4 Å². The molecule has 94 valence electrons. The zero-order valence-electron chi connectivity index (χ0n) is 10.3. The maximum Gasteiger partial charge on any atom is 0.223 e. The Labute approximate surface area is 104 Å². The molecule has 1 atom stereocenters. The second kappa shape index (κ2) is 5.37. The average molecular weight is 247 g/mol. The summed E-state index contributed by atoms with van der Waals surface area (Å²) in [4.78, 5) is 14.2. The fraction of sp³-hybridized carbons (Fsp3) is 0.917. The number of carbonyl (C=O) groups is 1. The van der Waals surface area contributed by atoms with Crippen molar-refractivity contribution in [3.63, 3.8) is 0 Å². The van der Waals surface area contributed by atoms with Crippen molar-refractivity contribution in [1.82, 2.24) is 10.2 Å². The normalized spacial score (nSPS) is 27.9. The number of likely N-dealkylation sites (tertiary alicyclic amines) is 1. The third-order valence-corrected chi connectivity index (χ3v) is 3.83. The standard InChI is InChI=1S/C12H22N2O.ClH/c1-12(2)5-3-7-14(12)11(15)8-10-4-6-13-9-10;/h10,13H,3-9H2,1-2H3;1H. The molecule has 1 unspecified atom stereocenters. The third-order valence-electron chi connectivity index (χ3n) is 3.83. The molecule has 4 heteroatoms. The molecule has 1 N–H and O–H groups in total. The Kier molecular flexibility index (Phi) is 4.62. The molecule has 2 fully saturated rings. The van der Waals surface area contributed by atoms with Crippen LogP contribution in [0.2, 0.25) is 0 Å². The van der Waals surface area contributed by atoms with E-state index in [0.717, 1.165) is 32.5 Å². The molecule has 1 amide bonds. The molecular formula is C12H23ClN2O. The van der Waals surface area contributed by atoms with E-state index in [1.165, 1.54) is 12.8 Å². The molecule has 0 radical (unpaired) electrons. The van der Waals surface area contributed by atoms with E-state index in [2.05, 4.69) is 24.1 Å². The Bertz CT molecular complexity index is 249. The molecule has 0 aromatic heterocycles. The van der Waals surface area contributed by atoms with Crippen molar-refractivity contribution in [2.45, 2.75) is 45.1 Å². The number of hydrogen-bond acceptors (Lipinski definition) is 2. The number of nitrogens with one attached hydrogen (secondary N) is 1. The van der Waals surface area contributed by atoms with Crippen LogP contribution in [0.5, 0.6) is 0 Å². The zero-order chi connectivity index (χ0) is 10.9. The van der Waals surface area contributed by atoms with Crippen molar-refractivity contribution in [1.29, 1.82) is 0 Å². The summed E-state index contributed by atoms with van der Waals surface area (Å²) in [6.07, 6.45) is 4.24. The first-order valence-corrected chi connectivity index (χ1v) is 6.11. The Hall–Kier alpha value is -0.280. The van der Waals surface area contributed by atoms with E-state index >= 15 is 0 Å². The minimum Gasteiger partial charge on any atom is -0.338 e. The van der Waals surface area contributed by atoms with Crippen LogP contribution in [-0.2, 0) is 4.79 Å². The van der Waals surface area contributed by atoms with Gasteiger partial charge in [0.25, 0.3) is 0 Å². The molecule has 2 rings (SSSR count). The summed E-state index contributed by atoms with van der Waals surface area (Å²) >= 11 is 0. The lowest BCUT2D eigenvalue weighted by Crippen LogP contribution is -2.43. The predicted molar refractivity (Wildman–Crippen MR) is 67.9 cm³/mol. The first-order chi connectivity index (χ1) is 7.09. The Morgan fingerprint density at radius 3 is 2.75 bits per heavy atom. The topological polar surface area (TPSA) is 32.3 Å². The summed E-state index contributed by atoms with van der Waals surface area (Å²) in [5.74, 6) is 0.945. The van der Waals surface area contributed by atoms with Gasteiger partial charge >= 0.3 is 0 Å². The van der Waals surface area contributed by atoms with Crippen LogP contribution < -0.4 is 5.32 Å². The molecule has 0 aromatic rings. The third kappa shape index (κ3) is 2.89. The van der Waals surface area contributed by atoms with Crippen LogP contribution in [0.25, 0.3) is 0 Å². The van der Waals surface area contributed by atoms with E-state index in [-0.39, 0.29) is 17.9 Å². The van der Waals surface area contributed by atoms with Gasteiger partial charge in [-0.25, -0.2) is 0 Å². The van der Waals surface area contributed by atoms with Crippen LogP contribution in [0.4, 0.5) is 0 Å². The lowest BCUT2D eigenvalue weighted by molar-refractivity contribution is -0.135. The molecule has 2 aliphatic heterocycles. The molecule has 0 bridgehead atoms. The molecule has 0 aromatic carbocycles. The number of amides is 1. The summed E-state index contributed by atoms with van der Waals surface area (Å²) < 4.78 is 0. The van der Waals surface area contributed by atoms with E-state index in [1.807, 2.05) is 0 Å². The fourth-order valence-electron chi connectivity index (χ4n) is 2.82. The predicted octanol–water partition coefficient (Wildman–Crippen LogP) is 1.81. The van der Waals surface area contributed by atoms with E-state index in [9.17, 15) is 4.79 Å². The number of halogens is 1. The van der Waals surface area contributed by atoms with E-state index < -0.39 is 0 Å². The van der Waals surface area contributed by atoms with Gasteiger partial charge in [0.15, 0.2) is 0 Å². The molecule has 3 nitrogen and oxygen atoms in total. The highest BCUT2D eigenvalue weighted by atomic mass is 35.5. The summed E-state index contributed by atoms with van der Waals surface area (Å²) in [6, 6.07) is 0. The molecular weight excluding hydrogens is 224 g/mol. The number of nitrogens with zero attached hydrogens (tertiary/aromatic N) is 1. The fourth-order valence-corrected chi connectivity index (χ4v) is 2.82. The largest absolute Gasteiger partial charge is 0.338 e. The second-order valence-corrected chi connectivity index (χ2v) is 5.52. The van der Waals surface area contributed by atoms with Gasteiger partial charge in [0.2, 0.25) is 5.91 Å². The molecule has 16 heavy (non-hydrogen) atoms. The molecule has 0 spiro atoms. The number of rotatable bonds is 2. The summed E-state index contributed by atoms with van der Waals surface area (Å²) in [6.45, 7) is 7.45. The van der Waals surface area contributed by atoms with Crippen LogP contribution in [-0.4, -0.2) is 36.0 Å². The minimum absolute atomic E-state index is 0. The highest BCUT2D eigenvalue weighted by Gasteiger charge is 2.36. The monoisotopic (exact) mass is 246 g/mol. The first-order valence-electron chi connectivity index (χ1n) is 6.11. The number of carbonyl (C=O) groups excluding carboxylic acids is 1. The second-order valence-electron chi connectivity index (χ2n) is 5.52. The highest BCUT2D eigenvalue weighted by molar-refractivity contribution is 5.85. The zero-order valence-corrected chi connectivity index (χ0v) is 11.1. The summed E-state index contributed by atoms with van der Waals surface area (Å²) in [7, 11) is 0. The van der Waals surface area contributed by atoms with E-state index in [4.69, 9.17) is 0 Å². The van der Waals surface area contributed by atoms with Gasteiger partial charge in [-0.1, -0.05) is 0 Å². The molecule has 2 heterocycles. The molecule has 0 saturated carbocycles. The van der Waals surface area contributed by atoms with Crippen LogP contribution in [0.3, 0.4) is 0 Å². The van der Waals surface area contributed by atoms with Crippen LogP contribution >= 0.6 is 12.4 Å². The molecule has 0 aliphatic carbocycles. The van der Waals surface area contributed by atoms with Crippen molar-refractivity contribution in [3.8, 4) is 0 Å².